The van der Waals surface area contributed by atoms with Gasteiger partial charge in [-0.3, -0.25) is 0 Å². The van der Waals surface area contributed by atoms with Crippen LogP contribution in [0.25, 0.3) is 0 Å². The van der Waals surface area contributed by atoms with Crippen LogP contribution in [0.3, 0.4) is 0 Å². The van der Waals surface area contributed by atoms with Crippen LogP contribution >= 0.6 is 0 Å². The molecule has 1 saturated heterocycles. The molecule has 1 heterocycles. The molecule has 112 valence electrons. The summed E-state index contributed by atoms with van der Waals surface area (Å²) in [4.78, 5) is 0.348. The molecule has 1 aromatic carbocycles. The fraction of sp³-hybridized carbons (Fsp3) is 0.571. The van der Waals surface area contributed by atoms with Gasteiger partial charge in [0, 0.05) is 19.1 Å². The predicted octanol–water partition coefficient (Wildman–Crippen LogP) is 1.04. The number of benzene rings is 1. The number of hydrogen-bond donors (Lipinski definition) is 1. The highest BCUT2D eigenvalue weighted by Crippen LogP contribution is 2.21. The lowest BCUT2D eigenvalue weighted by Crippen LogP contribution is -2.51. The van der Waals surface area contributed by atoms with Gasteiger partial charge >= 0.3 is 0 Å². The molecule has 20 heavy (non-hydrogen) atoms. The van der Waals surface area contributed by atoms with Crippen molar-refractivity contribution < 1.29 is 13.2 Å². The summed E-state index contributed by atoms with van der Waals surface area (Å²) in [6.45, 7) is 6.70. The third kappa shape index (κ3) is 3.20. The fourth-order valence-corrected chi connectivity index (χ4v) is 4.04. The summed E-state index contributed by atoms with van der Waals surface area (Å²) >= 11 is 0. The first-order valence-corrected chi connectivity index (χ1v) is 8.20. The zero-order chi connectivity index (χ0) is 14.9. The van der Waals surface area contributed by atoms with Gasteiger partial charge < -0.3 is 10.5 Å². The minimum atomic E-state index is -3.48. The highest BCUT2D eigenvalue weighted by atomic mass is 32.2. The Morgan fingerprint density at radius 2 is 1.90 bits per heavy atom. The highest BCUT2D eigenvalue weighted by Gasteiger charge is 2.32. The number of aryl methyl sites for hydroxylation is 2. The van der Waals surface area contributed by atoms with Crippen molar-refractivity contribution in [3.8, 4) is 0 Å². The maximum atomic E-state index is 12.7. The number of nitrogens with zero attached hydrogens (tertiary/aromatic N) is 1. The fourth-order valence-electron chi connectivity index (χ4n) is 2.42. The van der Waals surface area contributed by atoms with Crippen LogP contribution in [0, 0.1) is 13.8 Å². The van der Waals surface area contributed by atoms with E-state index in [4.69, 9.17) is 10.5 Å². The van der Waals surface area contributed by atoms with E-state index in [0.29, 0.717) is 24.6 Å². The quantitative estimate of drug-likeness (QED) is 0.905. The van der Waals surface area contributed by atoms with E-state index >= 15 is 0 Å². The zero-order valence-electron chi connectivity index (χ0n) is 12.2. The first-order valence-electron chi connectivity index (χ1n) is 6.76. The van der Waals surface area contributed by atoms with Crippen LogP contribution in [0.5, 0.6) is 0 Å². The van der Waals surface area contributed by atoms with E-state index in [1.807, 2.05) is 26.8 Å². The second-order valence-electron chi connectivity index (χ2n) is 5.45. The molecule has 2 atom stereocenters. The van der Waals surface area contributed by atoms with E-state index in [2.05, 4.69) is 0 Å². The maximum Gasteiger partial charge on any atom is 0.243 e. The Morgan fingerprint density at radius 1 is 1.30 bits per heavy atom. The maximum absolute atomic E-state index is 12.7. The Bertz CT molecular complexity index is 564. The molecule has 6 heteroatoms. The lowest BCUT2D eigenvalue weighted by molar-refractivity contribution is -0.0120. The van der Waals surface area contributed by atoms with Gasteiger partial charge in [-0.1, -0.05) is 6.07 Å². The summed E-state index contributed by atoms with van der Waals surface area (Å²) < 4.78 is 32.4. The van der Waals surface area contributed by atoms with Crippen LogP contribution in [-0.4, -0.2) is 44.6 Å². The standard InChI is InChI=1S/C14H22N2O3S/c1-10-6-11(2)8-13(7-10)20(17,18)16-4-5-19-14(9-16)12(3)15/h6-8,12,14H,4-5,9,15H2,1-3H3. The van der Waals surface area contributed by atoms with Gasteiger partial charge in [0.1, 0.15) is 0 Å². The summed E-state index contributed by atoms with van der Waals surface area (Å²) in [5.41, 5.74) is 7.70. The van der Waals surface area contributed by atoms with Gasteiger partial charge in [-0.25, -0.2) is 8.42 Å². The Balaban J connectivity index is 2.30. The van der Waals surface area contributed by atoms with Gasteiger partial charge in [0.2, 0.25) is 10.0 Å². The molecule has 1 aromatic rings. The number of hydrogen-bond acceptors (Lipinski definition) is 4. The number of sulfonamides is 1. The number of nitrogens with two attached hydrogens (primary N) is 1. The first-order chi connectivity index (χ1) is 9.30. The van der Waals surface area contributed by atoms with E-state index in [9.17, 15) is 8.42 Å². The smallest absolute Gasteiger partial charge is 0.243 e. The summed E-state index contributed by atoms with van der Waals surface area (Å²) in [5.74, 6) is 0. The number of rotatable bonds is 3. The second-order valence-corrected chi connectivity index (χ2v) is 7.39. The summed E-state index contributed by atoms with van der Waals surface area (Å²) in [6.07, 6.45) is -0.246. The number of ether oxygens (including phenoxy) is 1. The molecule has 2 unspecified atom stereocenters. The van der Waals surface area contributed by atoms with E-state index in [1.165, 1.54) is 4.31 Å². The molecule has 2 N–H and O–H groups in total. The molecule has 2 rings (SSSR count). The third-order valence-corrected chi connectivity index (χ3v) is 5.32. The van der Waals surface area contributed by atoms with Crippen molar-refractivity contribution in [3.63, 3.8) is 0 Å². The largest absolute Gasteiger partial charge is 0.374 e. The van der Waals surface area contributed by atoms with E-state index < -0.39 is 10.0 Å². The van der Waals surface area contributed by atoms with Crippen molar-refractivity contribution in [2.75, 3.05) is 19.7 Å². The minimum Gasteiger partial charge on any atom is -0.374 e. The van der Waals surface area contributed by atoms with Gasteiger partial charge in [0.25, 0.3) is 0 Å². The first kappa shape index (κ1) is 15.4. The van der Waals surface area contributed by atoms with E-state index in [-0.39, 0.29) is 12.1 Å². The van der Waals surface area contributed by atoms with Crippen molar-refractivity contribution in [1.82, 2.24) is 4.31 Å². The van der Waals surface area contributed by atoms with Crippen LogP contribution in [0.2, 0.25) is 0 Å². The van der Waals surface area contributed by atoms with Crippen LogP contribution in [0.1, 0.15) is 18.1 Å². The Kier molecular flexibility index (Phi) is 4.49. The molecule has 0 spiro atoms. The van der Waals surface area contributed by atoms with Crippen LogP contribution in [0.4, 0.5) is 0 Å². The van der Waals surface area contributed by atoms with Crippen molar-refractivity contribution in [2.24, 2.45) is 5.73 Å². The van der Waals surface area contributed by atoms with Crippen molar-refractivity contribution in [3.05, 3.63) is 29.3 Å². The number of morpholine rings is 1. The van der Waals surface area contributed by atoms with Gasteiger partial charge in [0.05, 0.1) is 17.6 Å². The molecular formula is C14H22N2O3S. The van der Waals surface area contributed by atoms with Gasteiger partial charge in [0.15, 0.2) is 0 Å². The molecule has 0 aliphatic carbocycles. The molecule has 1 aliphatic rings. The van der Waals surface area contributed by atoms with Gasteiger partial charge in [-0.05, 0) is 44.0 Å². The molecule has 0 amide bonds. The average Bonchev–Trinajstić information content (AvgIpc) is 2.37. The third-order valence-electron chi connectivity index (χ3n) is 3.48. The monoisotopic (exact) mass is 298 g/mol. The predicted molar refractivity (Wildman–Crippen MR) is 78.1 cm³/mol. The molecule has 1 fully saturated rings. The molecule has 0 radical (unpaired) electrons. The van der Waals surface area contributed by atoms with Crippen LogP contribution in [-0.2, 0) is 14.8 Å². The Labute approximate surface area is 120 Å². The normalized spacial score (nSPS) is 22.7. The molecule has 1 aliphatic heterocycles. The molecule has 0 bridgehead atoms. The molecule has 0 aromatic heterocycles. The highest BCUT2D eigenvalue weighted by molar-refractivity contribution is 7.89. The lowest BCUT2D eigenvalue weighted by Gasteiger charge is -2.34. The topological polar surface area (TPSA) is 72.6 Å². The minimum absolute atomic E-state index is 0.188. The van der Waals surface area contributed by atoms with E-state index in [0.717, 1.165) is 11.1 Å². The Morgan fingerprint density at radius 3 is 2.45 bits per heavy atom. The van der Waals surface area contributed by atoms with Crippen LogP contribution < -0.4 is 5.73 Å². The van der Waals surface area contributed by atoms with Gasteiger partial charge in [-0.15, -0.1) is 0 Å². The Hall–Kier alpha value is -0.950. The lowest BCUT2D eigenvalue weighted by atomic mass is 10.2. The molecule has 5 nitrogen and oxygen atoms in total. The molecule has 0 saturated carbocycles. The summed E-state index contributed by atoms with van der Waals surface area (Å²) in [6, 6.07) is 5.19. The van der Waals surface area contributed by atoms with E-state index in [1.54, 1.807) is 12.1 Å². The second kappa shape index (κ2) is 5.81. The molecular weight excluding hydrogens is 276 g/mol. The SMILES string of the molecule is Cc1cc(C)cc(S(=O)(=O)N2CCOC(C(C)N)C2)c1. The van der Waals surface area contributed by atoms with Crippen LogP contribution in [0.15, 0.2) is 23.1 Å². The van der Waals surface area contributed by atoms with Crippen molar-refractivity contribution in [1.29, 1.82) is 0 Å². The van der Waals surface area contributed by atoms with Crippen molar-refractivity contribution in [2.45, 2.75) is 37.8 Å². The summed E-state index contributed by atoms with van der Waals surface area (Å²) in [5, 5.41) is 0. The zero-order valence-corrected chi connectivity index (χ0v) is 13.0. The van der Waals surface area contributed by atoms with Crippen molar-refractivity contribution >= 4 is 10.0 Å². The average molecular weight is 298 g/mol. The van der Waals surface area contributed by atoms with Gasteiger partial charge in [-0.2, -0.15) is 4.31 Å². The summed E-state index contributed by atoms with van der Waals surface area (Å²) in [7, 11) is -3.48.